The Morgan fingerprint density at radius 2 is 1.39 bits per heavy atom. The van der Waals surface area contributed by atoms with Crippen LogP contribution >= 0.6 is 0 Å². The first-order valence-electron chi connectivity index (χ1n) is 10.4. The summed E-state index contributed by atoms with van der Waals surface area (Å²) in [7, 11) is 0. The third-order valence-electron chi connectivity index (χ3n) is 5.42. The van der Waals surface area contributed by atoms with Crippen LogP contribution in [0.15, 0.2) is 78.9 Å². The van der Waals surface area contributed by atoms with Gasteiger partial charge >= 0.3 is 6.61 Å². The molecule has 0 saturated carbocycles. The van der Waals surface area contributed by atoms with Crippen molar-refractivity contribution in [2.75, 3.05) is 0 Å². The van der Waals surface area contributed by atoms with Crippen molar-refractivity contribution in [3.05, 3.63) is 90.2 Å². The van der Waals surface area contributed by atoms with Crippen LogP contribution in [0.1, 0.15) is 25.3 Å². The van der Waals surface area contributed by atoms with Crippen molar-refractivity contribution in [2.24, 2.45) is 0 Å². The van der Waals surface area contributed by atoms with Crippen molar-refractivity contribution < 1.29 is 17.9 Å². The Labute approximate surface area is 180 Å². The summed E-state index contributed by atoms with van der Waals surface area (Å²) in [4.78, 5) is 0. The molecular formula is C27H23F3O. The first-order valence-corrected chi connectivity index (χ1v) is 10.4. The second-order valence-electron chi connectivity index (χ2n) is 7.60. The number of hydrogen-bond donors (Lipinski definition) is 0. The first-order chi connectivity index (χ1) is 15.0. The molecule has 0 aliphatic rings. The average molecular weight is 420 g/mol. The van der Waals surface area contributed by atoms with Crippen LogP contribution in [0, 0.1) is 5.82 Å². The fourth-order valence-electron chi connectivity index (χ4n) is 3.76. The third-order valence-corrected chi connectivity index (χ3v) is 5.42. The maximum absolute atomic E-state index is 14.9. The number of aryl methyl sites for hydroxylation is 1. The van der Waals surface area contributed by atoms with Gasteiger partial charge in [0.1, 0.15) is 11.6 Å². The lowest BCUT2D eigenvalue weighted by molar-refractivity contribution is -0.0498. The SMILES string of the molecule is CCCCc1ccc2cc(-c3ccc(-c4ccc(OC(F)F)cc4)c(F)c3)ccc2c1. The molecule has 0 aliphatic carbocycles. The predicted octanol–water partition coefficient (Wildman–Crippen LogP) is 8.26. The maximum atomic E-state index is 14.9. The Morgan fingerprint density at radius 1 is 0.742 bits per heavy atom. The minimum absolute atomic E-state index is 0.0461. The van der Waals surface area contributed by atoms with Crippen molar-refractivity contribution in [1.82, 2.24) is 0 Å². The van der Waals surface area contributed by atoms with Gasteiger partial charge in [-0.15, -0.1) is 0 Å². The zero-order valence-corrected chi connectivity index (χ0v) is 17.2. The van der Waals surface area contributed by atoms with Gasteiger partial charge < -0.3 is 4.74 Å². The van der Waals surface area contributed by atoms with Crippen molar-refractivity contribution in [3.63, 3.8) is 0 Å². The molecule has 4 aromatic carbocycles. The Morgan fingerprint density at radius 3 is 2.10 bits per heavy atom. The van der Waals surface area contributed by atoms with E-state index >= 15 is 0 Å². The van der Waals surface area contributed by atoms with Gasteiger partial charge in [0.05, 0.1) is 0 Å². The smallest absolute Gasteiger partial charge is 0.387 e. The molecule has 0 radical (unpaired) electrons. The molecule has 0 fully saturated rings. The molecule has 31 heavy (non-hydrogen) atoms. The first kappa shape index (κ1) is 21.0. The fraction of sp³-hybridized carbons (Fsp3) is 0.185. The van der Waals surface area contributed by atoms with Crippen LogP contribution in [0.2, 0.25) is 0 Å². The van der Waals surface area contributed by atoms with Gasteiger partial charge in [-0.1, -0.05) is 67.9 Å². The maximum Gasteiger partial charge on any atom is 0.387 e. The van der Waals surface area contributed by atoms with E-state index in [-0.39, 0.29) is 11.6 Å². The lowest BCUT2D eigenvalue weighted by Crippen LogP contribution is -2.01. The number of unbranched alkanes of at least 4 members (excludes halogenated alkanes) is 1. The molecular weight excluding hydrogens is 397 g/mol. The van der Waals surface area contributed by atoms with Crippen LogP contribution in [0.3, 0.4) is 0 Å². The van der Waals surface area contributed by atoms with E-state index in [9.17, 15) is 13.2 Å². The van der Waals surface area contributed by atoms with Gasteiger partial charge in [-0.3, -0.25) is 0 Å². The summed E-state index contributed by atoms with van der Waals surface area (Å²) in [6.45, 7) is -0.694. The Balaban J connectivity index is 1.59. The Hall–Kier alpha value is -3.27. The summed E-state index contributed by atoms with van der Waals surface area (Å²) < 4.78 is 43.8. The monoisotopic (exact) mass is 420 g/mol. The molecule has 0 spiro atoms. The van der Waals surface area contributed by atoms with Crippen LogP contribution < -0.4 is 4.74 Å². The van der Waals surface area contributed by atoms with E-state index in [0.717, 1.165) is 22.9 Å². The van der Waals surface area contributed by atoms with E-state index in [0.29, 0.717) is 11.1 Å². The number of benzene rings is 4. The van der Waals surface area contributed by atoms with E-state index in [1.54, 1.807) is 18.2 Å². The Kier molecular flexibility index (Phi) is 6.26. The van der Waals surface area contributed by atoms with Gasteiger partial charge in [-0.2, -0.15) is 8.78 Å². The number of fused-ring (bicyclic) bond motifs is 1. The normalized spacial score (nSPS) is 11.3. The van der Waals surface area contributed by atoms with Gasteiger partial charge in [0.25, 0.3) is 0 Å². The molecule has 0 aliphatic heterocycles. The minimum Gasteiger partial charge on any atom is -0.435 e. The van der Waals surface area contributed by atoms with Crippen molar-refractivity contribution in [1.29, 1.82) is 0 Å². The van der Waals surface area contributed by atoms with Crippen molar-refractivity contribution in [3.8, 4) is 28.0 Å². The fourth-order valence-corrected chi connectivity index (χ4v) is 3.76. The van der Waals surface area contributed by atoms with Gasteiger partial charge in [0.2, 0.25) is 0 Å². The van der Waals surface area contributed by atoms with E-state index in [2.05, 4.69) is 42.0 Å². The second-order valence-corrected chi connectivity index (χ2v) is 7.60. The number of ether oxygens (including phenoxy) is 1. The highest BCUT2D eigenvalue weighted by Gasteiger charge is 2.10. The third kappa shape index (κ3) is 4.91. The quantitative estimate of drug-likeness (QED) is 0.292. The summed E-state index contributed by atoms with van der Waals surface area (Å²) in [5, 5.41) is 2.30. The topological polar surface area (TPSA) is 9.23 Å². The second kappa shape index (κ2) is 9.25. The Bertz CT molecular complexity index is 1180. The van der Waals surface area contributed by atoms with Crippen LogP contribution in [-0.2, 0) is 6.42 Å². The summed E-state index contributed by atoms with van der Waals surface area (Å²) in [5.41, 5.74) is 4.08. The highest BCUT2D eigenvalue weighted by atomic mass is 19.3. The predicted molar refractivity (Wildman–Crippen MR) is 120 cm³/mol. The summed E-state index contributed by atoms with van der Waals surface area (Å²) >= 11 is 0. The summed E-state index contributed by atoms with van der Waals surface area (Å²) in [6, 6.07) is 23.7. The summed E-state index contributed by atoms with van der Waals surface area (Å²) in [5.74, 6) is -0.320. The number of halogens is 3. The molecule has 4 aromatic rings. The van der Waals surface area contributed by atoms with Crippen LogP contribution in [0.25, 0.3) is 33.0 Å². The highest BCUT2D eigenvalue weighted by Crippen LogP contribution is 2.31. The zero-order chi connectivity index (χ0) is 21.8. The molecule has 4 heteroatoms. The van der Waals surface area contributed by atoms with Gasteiger partial charge in [0, 0.05) is 5.56 Å². The van der Waals surface area contributed by atoms with Crippen molar-refractivity contribution >= 4 is 10.8 Å². The molecule has 0 bridgehead atoms. The van der Waals surface area contributed by atoms with Gasteiger partial charge in [0.15, 0.2) is 0 Å². The molecule has 158 valence electrons. The number of alkyl halides is 2. The van der Waals surface area contributed by atoms with Crippen LogP contribution in [-0.4, -0.2) is 6.61 Å². The van der Waals surface area contributed by atoms with Crippen LogP contribution in [0.5, 0.6) is 5.75 Å². The molecule has 0 saturated heterocycles. The number of hydrogen-bond acceptors (Lipinski definition) is 1. The van der Waals surface area contributed by atoms with Gasteiger partial charge in [-0.05, 0) is 70.1 Å². The zero-order valence-electron chi connectivity index (χ0n) is 17.2. The molecule has 0 atom stereocenters. The van der Waals surface area contributed by atoms with E-state index in [1.165, 1.54) is 42.0 Å². The van der Waals surface area contributed by atoms with Gasteiger partial charge in [-0.25, -0.2) is 4.39 Å². The lowest BCUT2D eigenvalue weighted by Gasteiger charge is -2.10. The summed E-state index contributed by atoms with van der Waals surface area (Å²) in [6.07, 6.45) is 3.43. The van der Waals surface area contributed by atoms with Crippen molar-refractivity contribution in [2.45, 2.75) is 32.8 Å². The molecule has 0 heterocycles. The lowest BCUT2D eigenvalue weighted by atomic mass is 9.96. The molecule has 0 unspecified atom stereocenters. The average Bonchev–Trinajstić information content (AvgIpc) is 2.77. The van der Waals surface area contributed by atoms with Crippen LogP contribution in [0.4, 0.5) is 13.2 Å². The highest BCUT2D eigenvalue weighted by molar-refractivity contribution is 5.88. The molecule has 0 N–H and O–H groups in total. The van der Waals surface area contributed by atoms with E-state index < -0.39 is 6.61 Å². The molecule has 0 aromatic heterocycles. The molecule has 1 nitrogen and oxygen atoms in total. The standard InChI is InChI=1S/C27H23F3O/c1-2-3-4-18-5-6-21-16-22(8-7-20(21)15-18)23-11-14-25(26(28)17-23)19-9-12-24(13-10-19)31-27(29)30/h5-17,27H,2-4H2,1H3. The van der Waals surface area contributed by atoms with E-state index in [1.807, 2.05) is 12.1 Å². The number of rotatable bonds is 7. The largest absolute Gasteiger partial charge is 0.435 e. The molecule has 4 rings (SSSR count). The minimum atomic E-state index is -2.88. The molecule has 0 amide bonds. The van der Waals surface area contributed by atoms with E-state index in [4.69, 9.17) is 0 Å².